The number of esters is 2. The molecule has 4 aromatic heterocycles. The molecule has 5 rings (SSSR count). The van der Waals surface area contributed by atoms with Crippen molar-refractivity contribution in [3.05, 3.63) is 102 Å². The van der Waals surface area contributed by atoms with E-state index in [0.717, 1.165) is 88.7 Å². The van der Waals surface area contributed by atoms with Crippen molar-refractivity contribution in [1.82, 2.24) is 39.5 Å². The summed E-state index contributed by atoms with van der Waals surface area (Å²) in [5.74, 6) is -0.469. The highest BCUT2D eigenvalue weighted by molar-refractivity contribution is 5.73. The number of carbonyl (C=O) groups excluding carboxylic acids is 2. The van der Waals surface area contributed by atoms with Gasteiger partial charge in [0.2, 0.25) is 0 Å². The zero-order chi connectivity index (χ0) is 44.0. The fourth-order valence-electron chi connectivity index (χ4n) is 8.30. The van der Waals surface area contributed by atoms with Crippen LogP contribution >= 0.6 is 0 Å². The van der Waals surface area contributed by atoms with Crippen molar-refractivity contribution in [1.29, 1.82) is 0 Å². The molecule has 4 aromatic rings. The third-order valence-corrected chi connectivity index (χ3v) is 11.2. The molecule has 0 saturated heterocycles. The number of ether oxygens (including phenoxy) is 2. The maximum Gasteiger partial charge on any atom is 0.306 e. The molecule has 0 aromatic carbocycles. The minimum Gasteiger partial charge on any atom is -0.460 e. The van der Waals surface area contributed by atoms with Gasteiger partial charge in [-0.3, -0.25) is 9.59 Å². The van der Waals surface area contributed by atoms with E-state index < -0.39 is 0 Å². The van der Waals surface area contributed by atoms with Gasteiger partial charge in [0, 0.05) is 94.3 Å². The van der Waals surface area contributed by atoms with Gasteiger partial charge < -0.3 is 49.0 Å². The maximum absolute atomic E-state index is 13.5. The van der Waals surface area contributed by atoms with E-state index in [4.69, 9.17) is 9.47 Å². The minimum absolute atomic E-state index is 0.220. The van der Waals surface area contributed by atoms with E-state index in [1.54, 1.807) is 0 Å². The monoisotopic (exact) mass is 821 g/mol. The number of aromatic nitrogens is 4. The summed E-state index contributed by atoms with van der Waals surface area (Å²) < 4.78 is 12.1. The molecule has 0 atom stereocenters. The van der Waals surface area contributed by atoms with Gasteiger partial charge in [-0.1, -0.05) is 25.3 Å². The molecule has 0 fully saturated rings. The summed E-state index contributed by atoms with van der Waals surface area (Å²) in [6.07, 6.45) is 13.2. The van der Waals surface area contributed by atoms with Crippen molar-refractivity contribution < 1.29 is 19.1 Å². The Labute approximate surface area is 356 Å². The second-order valence-corrected chi connectivity index (χ2v) is 17.4. The average Bonchev–Trinajstić information content (AvgIpc) is 3.81. The van der Waals surface area contributed by atoms with Gasteiger partial charge >= 0.3 is 11.9 Å². The number of hydrogen-bond acceptors (Lipinski definition) is 8. The zero-order valence-electron chi connectivity index (χ0n) is 38.1. The van der Waals surface area contributed by atoms with Crippen LogP contribution in [0.15, 0.2) is 13.2 Å². The van der Waals surface area contributed by atoms with Crippen LogP contribution in [0.5, 0.6) is 0 Å². The SMILES string of the molecule is C=Cc1c2[nH]c(c1C)C=c1[nH]c(c(CCC(=O)OC(CN(C)C)CN(C)C)c1C)=Cc1[nH]c(c(C)c1CCC(=O)OC(CN(C)C)CN(C)C)C=c1[nH]c(c(C)c1C=C)=C2. The Hall–Kier alpha value is -5.14. The van der Waals surface area contributed by atoms with Gasteiger partial charge in [-0.2, -0.15) is 0 Å². The smallest absolute Gasteiger partial charge is 0.306 e. The lowest BCUT2D eigenvalue weighted by Gasteiger charge is -2.24. The molecule has 12 nitrogen and oxygen atoms in total. The number of nitrogens with zero attached hydrogens (tertiary/aromatic N) is 4. The molecule has 5 heterocycles. The number of aromatic amines is 4. The van der Waals surface area contributed by atoms with Crippen LogP contribution in [0.1, 0.15) is 80.1 Å². The summed E-state index contributed by atoms with van der Waals surface area (Å²) in [5, 5.41) is 3.71. The van der Waals surface area contributed by atoms with Crippen molar-refractivity contribution in [3.63, 3.8) is 0 Å². The van der Waals surface area contributed by atoms with Crippen LogP contribution in [0.3, 0.4) is 0 Å². The molecular weight excluding hydrogens is 753 g/mol. The molecule has 0 radical (unpaired) electrons. The van der Waals surface area contributed by atoms with Gasteiger partial charge in [-0.15, -0.1) is 0 Å². The summed E-state index contributed by atoms with van der Waals surface area (Å²) in [6.45, 7) is 19.3. The highest BCUT2D eigenvalue weighted by Crippen LogP contribution is 2.24. The summed E-state index contributed by atoms with van der Waals surface area (Å²) >= 11 is 0. The van der Waals surface area contributed by atoms with E-state index >= 15 is 0 Å². The van der Waals surface area contributed by atoms with E-state index in [0.29, 0.717) is 39.0 Å². The number of nitrogens with one attached hydrogen (secondary N) is 4. The second kappa shape index (κ2) is 19.9. The van der Waals surface area contributed by atoms with Gasteiger partial charge in [0.05, 0.1) is 0 Å². The summed E-state index contributed by atoms with van der Waals surface area (Å²) in [7, 11) is 15.9. The zero-order valence-corrected chi connectivity index (χ0v) is 38.1. The quantitative estimate of drug-likeness (QED) is 0.0995. The fourth-order valence-corrected chi connectivity index (χ4v) is 8.30. The maximum atomic E-state index is 13.5. The van der Waals surface area contributed by atoms with Crippen LogP contribution < -0.4 is 21.4 Å². The molecule has 0 spiro atoms. The number of hydrogen-bond donors (Lipinski definition) is 4. The van der Waals surface area contributed by atoms with Crippen LogP contribution in [0, 0.1) is 27.7 Å². The van der Waals surface area contributed by atoms with Crippen molar-refractivity contribution in [2.24, 2.45) is 0 Å². The molecule has 324 valence electrons. The van der Waals surface area contributed by atoms with Crippen LogP contribution in [0.2, 0.25) is 0 Å². The lowest BCUT2D eigenvalue weighted by molar-refractivity contribution is -0.151. The highest BCUT2D eigenvalue weighted by atomic mass is 16.5. The Balaban J connectivity index is 1.68. The molecule has 0 saturated carbocycles. The van der Waals surface area contributed by atoms with Crippen LogP contribution in [-0.2, 0) is 31.9 Å². The first-order chi connectivity index (χ1) is 28.4. The standard InChI is InChI=1S/C48H68N8O4/c1-15-35-29(3)39-21-40-31(5)37(17-19-47(57)59-33(25-53(7)8)26-54(9)10)45(51-40)24-46-38(18-20-48(58)60-34(27-55(11)12)28-56(13)14)32(6)42(52-46)23-44-36(16-2)30(4)41(50-44)22-43(35)49-39/h15-16,21-24,33-34,49-52H,1-2,17-20,25-28H2,3-14H3. The number of carbonyl (C=O) groups is 2. The average molecular weight is 821 g/mol. The lowest BCUT2D eigenvalue weighted by Crippen LogP contribution is -2.38. The third-order valence-electron chi connectivity index (χ3n) is 11.2. The van der Waals surface area contributed by atoms with Crippen molar-refractivity contribution >= 4 is 48.4 Å². The first-order valence-electron chi connectivity index (χ1n) is 20.9. The van der Waals surface area contributed by atoms with E-state index in [9.17, 15) is 9.59 Å². The summed E-state index contributed by atoms with van der Waals surface area (Å²) in [4.78, 5) is 49.9. The molecule has 1 aliphatic heterocycles. The summed E-state index contributed by atoms with van der Waals surface area (Å²) in [5.41, 5.74) is 12.0. The predicted molar refractivity (Wildman–Crippen MR) is 246 cm³/mol. The largest absolute Gasteiger partial charge is 0.460 e. The second-order valence-electron chi connectivity index (χ2n) is 17.4. The highest BCUT2D eigenvalue weighted by Gasteiger charge is 2.22. The van der Waals surface area contributed by atoms with Gasteiger partial charge in [-0.25, -0.2) is 0 Å². The Bertz CT molecular complexity index is 2430. The number of fused-ring (bicyclic) bond motifs is 8. The molecule has 60 heavy (non-hydrogen) atoms. The Morgan fingerprint density at radius 2 is 0.933 bits per heavy atom. The Morgan fingerprint density at radius 1 is 0.517 bits per heavy atom. The van der Waals surface area contributed by atoms with Crippen molar-refractivity contribution in [2.75, 3.05) is 82.6 Å². The molecule has 8 bridgehead atoms. The molecule has 4 N–H and O–H groups in total. The van der Waals surface area contributed by atoms with Crippen LogP contribution in [0.4, 0.5) is 0 Å². The molecule has 0 amide bonds. The van der Waals surface area contributed by atoms with E-state index in [1.165, 1.54) is 0 Å². The van der Waals surface area contributed by atoms with Gasteiger partial charge in [-0.05, 0) is 155 Å². The Morgan fingerprint density at radius 3 is 1.45 bits per heavy atom. The van der Waals surface area contributed by atoms with Crippen molar-refractivity contribution in [2.45, 2.75) is 65.6 Å². The van der Waals surface area contributed by atoms with Gasteiger partial charge in [0.15, 0.2) is 0 Å². The van der Waals surface area contributed by atoms with Crippen LogP contribution in [-0.4, -0.2) is 146 Å². The molecule has 12 heteroatoms. The van der Waals surface area contributed by atoms with E-state index in [1.807, 2.05) is 88.1 Å². The molecule has 0 unspecified atom stereocenters. The van der Waals surface area contributed by atoms with E-state index in [2.05, 4.69) is 85.1 Å². The number of rotatable bonds is 18. The normalized spacial score (nSPS) is 12.6. The fraction of sp³-hybridized carbons (Fsp3) is 0.458. The summed E-state index contributed by atoms with van der Waals surface area (Å²) in [6, 6.07) is 0. The van der Waals surface area contributed by atoms with Gasteiger partial charge in [0.1, 0.15) is 12.2 Å². The minimum atomic E-state index is -0.250. The molecule has 0 aliphatic carbocycles. The van der Waals surface area contributed by atoms with E-state index in [-0.39, 0.29) is 37.0 Å². The lowest BCUT2D eigenvalue weighted by atomic mass is 10.0. The predicted octanol–water partition coefficient (Wildman–Crippen LogP) is 3.08. The first-order valence-corrected chi connectivity index (χ1v) is 20.9. The topological polar surface area (TPSA) is 129 Å². The van der Waals surface area contributed by atoms with Crippen LogP contribution in [0.25, 0.3) is 36.5 Å². The number of likely N-dealkylation sites (N-methyl/N-ethyl adjacent to an activating group) is 4. The first kappa shape index (κ1) is 45.9. The van der Waals surface area contributed by atoms with Gasteiger partial charge in [0.25, 0.3) is 0 Å². The number of H-pyrrole nitrogens is 4. The molecule has 1 aliphatic rings. The molecular formula is C48H68N8O4. The third kappa shape index (κ3) is 11.2. The van der Waals surface area contributed by atoms with Crippen molar-refractivity contribution in [3.8, 4) is 0 Å². The Kier molecular flexibility index (Phi) is 15.3.